The summed E-state index contributed by atoms with van der Waals surface area (Å²) >= 11 is 0. The number of likely N-dealkylation sites (tertiary alicyclic amines) is 1. The van der Waals surface area contributed by atoms with E-state index in [-0.39, 0.29) is 17.7 Å². The molecule has 4 heteroatoms. The summed E-state index contributed by atoms with van der Waals surface area (Å²) in [5, 5.41) is 3.05. The molecular formula is C25H28N2O2. The van der Waals surface area contributed by atoms with Crippen LogP contribution in [0.3, 0.4) is 0 Å². The van der Waals surface area contributed by atoms with Crippen LogP contribution in [0, 0.1) is 12.8 Å². The fraction of sp³-hybridized carbons (Fsp3) is 0.360. The molecule has 2 amide bonds. The van der Waals surface area contributed by atoms with Crippen molar-refractivity contribution < 1.29 is 9.59 Å². The molecule has 150 valence electrons. The first-order chi connectivity index (χ1) is 14.1. The van der Waals surface area contributed by atoms with E-state index in [1.54, 1.807) is 0 Å². The molecule has 4 rings (SSSR count). The van der Waals surface area contributed by atoms with Crippen LogP contribution in [0.25, 0.3) is 11.1 Å². The van der Waals surface area contributed by atoms with Crippen LogP contribution in [0.1, 0.15) is 37.7 Å². The number of aryl methyl sites for hydroxylation is 1. The van der Waals surface area contributed by atoms with E-state index >= 15 is 0 Å². The van der Waals surface area contributed by atoms with Crippen LogP contribution in [-0.2, 0) is 9.59 Å². The van der Waals surface area contributed by atoms with Gasteiger partial charge in [0, 0.05) is 30.3 Å². The van der Waals surface area contributed by atoms with Crippen molar-refractivity contribution in [3.8, 4) is 11.1 Å². The highest BCUT2D eigenvalue weighted by molar-refractivity contribution is 5.95. The molecule has 29 heavy (non-hydrogen) atoms. The molecule has 0 atom stereocenters. The Kier molecular flexibility index (Phi) is 5.79. The Balaban J connectivity index is 1.31. The van der Waals surface area contributed by atoms with Gasteiger partial charge in [0.05, 0.1) is 0 Å². The molecule has 1 fully saturated rings. The van der Waals surface area contributed by atoms with E-state index in [1.165, 1.54) is 11.1 Å². The van der Waals surface area contributed by atoms with Crippen molar-refractivity contribution in [1.82, 2.24) is 4.90 Å². The van der Waals surface area contributed by atoms with E-state index in [2.05, 4.69) is 42.6 Å². The zero-order valence-electron chi connectivity index (χ0n) is 17.0. The molecule has 1 heterocycles. The summed E-state index contributed by atoms with van der Waals surface area (Å²) in [5.41, 5.74) is 5.33. The Bertz CT molecular complexity index is 922. The van der Waals surface area contributed by atoms with Crippen molar-refractivity contribution in [3.05, 3.63) is 65.7 Å². The maximum absolute atomic E-state index is 12.7. The molecular weight excluding hydrogens is 360 g/mol. The first-order valence-electron chi connectivity index (χ1n) is 10.6. The van der Waals surface area contributed by atoms with Gasteiger partial charge in [0.2, 0.25) is 11.8 Å². The standard InChI is InChI=1S/C25H28N2O2/c1-18-5-4-8-22(17-18)19-9-11-23(12-10-19)26-24(28)20-13-15-27(16-14-20)25(29)21-6-2-3-7-21/h4-6,8-12,17,20H,2-3,7,13-16H2,1H3,(H,26,28). The summed E-state index contributed by atoms with van der Waals surface area (Å²) in [6.07, 6.45) is 6.53. The van der Waals surface area contributed by atoms with Crippen LogP contribution >= 0.6 is 0 Å². The van der Waals surface area contributed by atoms with Crippen molar-refractivity contribution in [2.75, 3.05) is 18.4 Å². The first kappa shape index (κ1) is 19.4. The second-order valence-corrected chi connectivity index (χ2v) is 8.12. The predicted molar refractivity (Wildman–Crippen MR) is 116 cm³/mol. The highest BCUT2D eigenvalue weighted by Crippen LogP contribution is 2.26. The molecule has 1 aliphatic carbocycles. The van der Waals surface area contributed by atoms with Gasteiger partial charge in [-0.1, -0.05) is 48.0 Å². The normalized spacial score (nSPS) is 17.1. The lowest BCUT2D eigenvalue weighted by atomic mass is 9.95. The minimum absolute atomic E-state index is 0.0342. The van der Waals surface area contributed by atoms with Crippen molar-refractivity contribution in [2.45, 2.75) is 39.0 Å². The fourth-order valence-corrected chi connectivity index (χ4v) is 4.23. The van der Waals surface area contributed by atoms with Crippen LogP contribution in [0.5, 0.6) is 0 Å². The first-order valence-corrected chi connectivity index (χ1v) is 10.6. The summed E-state index contributed by atoms with van der Waals surface area (Å²) in [7, 11) is 0. The molecule has 0 spiro atoms. The lowest BCUT2D eigenvalue weighted by molar-refractivity contribution is -0.131. The Hall–Kier alpha value is -2.88. The number of allylic oxidation sites excluding steroid dienone is 1. The van der Waals surface area contributed by atoms with Gasteiger partial charge in [0.25, 0.3) is 0 Å². The number of nitrogens with one attached hydrogen (secondary N) is 1. The Morgan fingerprint density at radius 1 is 1.00 bits per heavy atom. The van der Waals surface area contributed by atoms with Gasteiger partial charge in [0.15, 0.2) is 0 Å². The van der Waals surface area contributed by atoms with Gasteiger partial charge in [-0.2, -0.15) is 0 Å². The molecule has 2 aromatic carbocycles. The van der Waals surface area contributed by atoms with Gasteiger partial charge in [-0.15, -0.1) is 0 Å². The molecule has 1 aliphatic heterocycles. The second-order valence-electron chi connectivity index (χ2n) is 8.12. The van der Waals surface area contributed by atoms with Gasteiger partial charge in [-0.25, -0.2) is 0 Å². The number of piperidine rings is 1. The molecule has 4 nitrogen and oxygen atoms in total. The average Bonchev–Trinajstić information content (AvgIpc) is 3.29. The van der Waals surface area contributed by atoms with Crippen LogP contribution in [0.4, 0.5) is 5.69 Å². The van der Waals surface area contributed by atoms with Crippen LogP contribution in [0.2, 0.25) is 0 Å². The van der Waals surface area contributed by atoms with Gasteiger partial charge >= 0.3 is 0 Å². The van der Waals surface area contributed by atoms with E-state index in [0.717, 1.165) is 48.9 Å². The average molecular weight is 389 g/mol. The molecule has 0 bridgehead atoms. The third kappa shape index (κ3) is 4.58. The van der Waals surface area contributed by atoms with Crippen molar-refractivity contribution in [1.29, 1.82) is 0 Å². The minimum Gasteiger partial charge on any atom is -0.339 e. The number of carbonyl (C=O) groups excluding carboxylic acids is 2. The molecule has 0 aromatic heterocycles. The number of amides is 2. The number of hydrogen-bond donors (Lipinski definition) is 1. The largest absolute Gasteiger partial charge is 0.339 e. The number of carbonyl (C=O) groups is 2. The molecule has 2 aliphatic rings. The Morgan fingerprint density at radius 3 is 2.41 bits per heavy atom. The third-order valence-electron chi connectivity index (χ3n) is 5.97. The van der Waals surface area contributed by atoms with Gasteiger partial charge < -0.3 is 10.2 Å². The number of rotatable bonds is 4. The van der Waals surface area contributed by atoms with E-state index in [0.29, 0.717) is 13.1 Å². The number of anilines is 1. The highest BCUT2D eigenvalue weighted by atomic mass is 16.2. The quantitative estimate of drug-likeness (QED) is 0.806. The smallest absolute Gasteiger partial charge is 0.249 e. The summed E-state index contributed by atoms with van der Waals surface area (Å²) in [5.74, 6) is 0.196. The van der Waals surface area contributed by atoms with E-state index in [4.69, 9.17) is 0 Å². The molecule has 0 radical (unpaired) electrons. The van der Waals surface area contributed by atoms with Crippen LogP contribution in [0.15, 0.2) is 60.2 Å². The summed E-state index contributed by atoms with van der Waals surface area (Å²) < 4.78 is 0. The monoisotopic (exact) mass is 388 g/mol. The van der Waals surface area contributed by atoms with Gasteiger partial charge in [0.1, 0.15) is 0 Å². The molecule has 2 aromatic rings. The highest BCUT2D eigenvalue weighted by Gasteiger charge is 2.29. The molecule has 0 saturated carbocycles. The zero-order chi connectivity index (χ0) is 20.2. The summed E-state index contributed by atoms with van der Waals surface area (Å²) in [6, 6.07) is 16.4. The Morgan fingerprint density at radius 2 is 1.76 bits per heavy atom. The Labute approximate surface area is 172 Å². The summed E-state index contributed by atoms with van der Waals surface area (Å²) in [6.45, 7) is 3.42. The molecule has 1 saturated heterocycles. The summed E-state index contributed by atoms with van der Waals surface area (Å²) in [4.78, 5) is 27.1. The lowest BCUT2D eigenvalue weighted by Crippen LogP contribution is -2.41. The zero-order valence-corrected chi connectivity index (χ0v) is 17.0. The lowest BCUT2D eigenvalue weighted by Gasteiger charge is -2.31. The van der Waals surface area contributed by atoms with E-state index < -0.39 is 0 Å². The SMILES string of the molecule is Cc1cccc(-c2ccc(NC(=O)C3CCN(C(=O)C4=CCCC4)CC3)cc2)c1. The van der Waals surface area contributed by atoms with Gasteiger partial charge in [-0.3, -0.25) is 9.59 Å². The maximum atomic E-state index is 12.7. The molecule has 1 N–H and O–H groups in total. The third-order valence-corrected chi connectivity index (χ3v) is 5.97. The molecule has 0 unspecified atom stereocenters. The second kappa shape index (κ2) is 8.64. The van der Waals surface area contributed by atoms with Crippen molar-refractivity contribution in [2.24, 2.45) is 5.92 Å². The van der Waals surface area contributed by atoms with Crippen molar-refractivity contribution >= 4 is 17.5 Å². The predicted octanol–water partition coefficient (Wildman–Crippen LogP) is 4.95. The van der Waals surface area contributed by atoms with E-state index in [1.807, 2.05) is 29.2 Å². The number of benzene rings is 2. The van der Waals surface area contributed by atoms with Crippen molar-refractivity contribution in [3.63, 3.8) is 0 Å². The minimum atomic E-state index is -0.0342. The maximum Gasteiger partial charge on any atom is 0.249 e. The van der Waals surface area contributed by atoms with Gasteiger partial charge in [-0.05, 0) is 62.3 Å². The van der Waals surface area contributed by atoms with E-state index in [9.17, 15) is 9.59 Å². The number of nitrogens with zero attached hydrogens (tertiary/aromatic N) is 1. The fourth-order valence-electron chi connectivity index (χ4n) is 4.23. The van der Waals surface area contributed by atoms with Crippen LogP contribution < -0.4 is 5.32 Å². The topological polar surface area (TPSA) is 49.4 Å². The van der Waals surface area contributed by atoms with Crippen LogP contribution in [-0.4, -0.2) is 29.8 Å². The number of hydrogen-bond acceptors (Lipinski definition) is 2.